The molecular formula is C12H19N3S. The van der Waals surface area contributed by atoms with Crippen molar-refractivity contribution in [3.05, 3.63) is 29.3 Å². The second kappa shape index (κ2) is 5.57. The minimum absolute atomic E-state index is 0.887. The molecule has 0 atom stereocenters. The maximum atomic E-state index is 5.79. The van der Waals surface area contributed by atoms with E-state index in [4.69, 9.17) is 5.73 Å². The second-order valence-corrected chi connectivity index (χ2v) is 5.21. The Kier molecular flexibility index (Phi) is 4.09. The van der Waals surface area contributed by atoms with E-state index in [0.29, 0.717) is 0 Å². The largest absolute Gasteiger partial charge is 0.399 e. The molecule has 1 aromatic rings. The smallest absolute Gasteiger partial charge is 0.0316 e. The van der Waals surface area contributed by atoms with Crippen molar-refractivity contribution in [3.63, 3.8) is 0 Å². The van der Waals surface area contributed by atoms with Gasteiger partial charge in [-0.05, 0) is 36.7 Å². The van der Waals surface area contributed by atoms with Crippen molar-refractivity contribution < 1.29 is 0 Å². The van der Waals surface area contributed by atoms with Crippen LogP contribution in [0.5, 0.6) is 0 Å². The number of rotatable bonds is 4. The van der Waals surface area contributed by atoms with Gasteiger partial charge in [-0.3, -0.25) is 9.62 Å². The number of nitrogen functional groups attached to an aromatic ring is 1. The van der Waals surface area contributed by atoms with Crippen LogP contribution >= 0.6 is 11.9 Å². The minimum Gasteiger partial charge on any atom is -0.399 e. The summed E-state index contributed by atoms with van der Waals surface area (Å²) in [5, 5.41) is 0. The molecule has 0 saturated carbocycles. The van der Waals surface area contributed by atoms with Crippen molar-refractivity contribution in [2.24, 2.45) is 0 Å². The molecule has 16 heavy (non-hydrogen) atoms. The molecule has 0 unspecified atom stereocenters. The van der Waals surface area contributed by atoms with Crippen LogP contribution in [0.4, 0.5) is 5.69 Å². The number of hydrogen-bond acceptors (Lipinski definition) is 4. The molecule has 0 fully saturated rings. The fourth-order valence-electron chi connectivity index (χ4n) is 2.10. The lowest BCUT2D eigenvalue weighted by Gasteiger charge is -2.28. The van der Waals surface area contributed by atoms with Gasteiger partial charge in [-0.15, -0.1) is 0 Å². The van der Waals surface area contributed by atoms with Crippen LogP contribution in [0.15, 0.2) is 18.2 Å². The Labute approximate surface area is 102 Å². The van der Waals surface area contributed by atoms with Crippen LogP contribution in [-0.2, 0) is 13.0 Å². The van der Waals surface area contributed by atoms with E-state index in [0.717, 1.165) is 37.5 Å². The minimum atomic E-state index is 0.887. The second-order valence-electron chi connectivity index (χ2n) is 4.11. The van der Waals surface area contributed by atoms with E-state index in [2.05, 4.69) is 21.8 Å². The third-order valence-corrected chi connectivity index (χ3v) is 3.65. The predicted molar refractivity (Wildman–Crippen MR) is 71.4 cm³/mol. The Hall–Kier alpha value is -0.710. The van der Waals surface area contributed by atoms with Gasteiger partial charge in [-0.25, -0.2) is 0 Å². The first-order valence-electron chi connectivity index (χ1n) is 5.68. The lowest BCUT2D eigenvalue weighted by atomic mass is 9.99. The molecule has 0 amide bonds. The standard InChI is InChI=1S/C12H19N3S/c1-14-16-7-6-15-5-4-10-8-12(13)3-2-11(10)9-15/h2-3,8,14H,4-7,9,13H2,1H3. The van der Waals surface area contributed by atoms with Crippen LogP contribution in [0.3, 0.4) is 0 Å². The van der Waals surface area contributed by atoms with Crippen LogP contribution in [0.1, 0.15) is 11.1 Å². The van der Waals surface area contributed by atoms with E-state index in [9.17, 15) is 0 Å². The molecule has 0 aromatic heterocycles. The third kappa shape index (κ3) is 2.90. The van der Waals surface area contributed by atoms with Crippen LogP contribution in [0.25, 0.3) is 0 Å². The molecule has 0 bridgehead atoms. The average Bonchev–Trinajstić information content (AvgIpc) is 2.29. The molecule has 1 aliphatic rings. The van der Waals surface area contributed by atoms with Gasteiger partial charge in [0.1, 0.15) is 0 Å². The third-order valence-electron chi connectivity index (χ3n) is 2.98. The highest BCUT2D eigenvalue weighted by Crippen LogP contribution is 2.21. The molecule has 3 N–H and O–H groups in total. The van der Waals surface area contributed by atoms with Crippen LogP contribution in [-0.4, -0.2) is 30.8 Å². The Bertz CT molecular complexity index is 354. The first-order chi connectivity index (χ1) is 7.79. The van der Waals surface area contributed by atoms with Crippen molar-refractivity contribution in [2.45, 2.75) is 13.0 Å². The Morgan fingerprint density at radius 1 is 1.44 bits per heavy atom. The van der Waals surface area contributed by atoms with Crippen molar-refractivity contribution >= 4 is 17.6 Å². The van der Waals surface area contributed by atoms with Gasteiger partial charge >= 0.3 is 0 Å². The monoisotopic (exact) mass is 237 g/mol. The summed E-state index contributed by atoms with van der Waals surface area (Å²) in [6.45, 7) is 3.37. The quantitative estimate of drug-likeness (QED) is 0.473. The Morgan fingerprint density at radius 2 is 2.31 bits per heavy atom. The number of nitrogens with two attached hydrogens (primary N) is 1. The maximum Gasteiger partial charge on any atom is 0.0316 e. The molecule has 0 saturated heterocycles. The highest BCUT2D eigenvalue weighted by molar-refractivity contribution is 7.97. The molecule has 1 aliphatic heterocycles. The normalized spacial score (nSPS) is 16.1. The number of anilines is 1. The summed E-state index contributed by atoms with van der Waals surface area (Å²) < 4.78 is 3.11. The van der Waals surface area contributed by atoms with E-state index in [1.54, 1.807) is 11.9 Å². The molecule has 0 aliphatic carbocycles. The van der Waals surface area contributed by atoms with Gasteiger partial charge in [0.05, 0.1) is 0 Å². The van der Waals surface area contributed by atoms with E-state index >= 15 is 0 Å². The molecule has 0 spiro atoms. The number of benzene rings is 1. The lowest BCUT2D eigenvalue weighted by molar-refractivity contribution is 0.270. The van der Waals surface area contributed by atoms with Crippen LogP contribution < -0.4 is 10.5 Å². The van der Waals surface area contributed by atoms with Gasteiger partial charge < -0.3 is 5.73 Å². The number of nitrogens with one attached hydrogen (secondary N) is 1. The Balaban J connectivity index is 1.93. The summed E-state index contributed by atoms with van der Waals surface area (Å²) in [4.78, 5) is 2.50. The van der Waals surface area contributed by atoms with Gasteiger partial charge in [0, 0.05) is 31.1 Å². The van der Waals surface area contributed by atoms with Crippen LogP contribution in [0, 0.1) is 0 Å². The van der Waals surface area contributed by atoms with E-state index in [-0.39, 0.29) is 0 Å². The number of nitrogens with zero attached hydrogens (tertiary/aromatic N) is 1. The first-order valence-corrected chi connectivity index (χ1v) is 6.66. The van der Waals surface area contributed by atoms with E-state index < -0.39 is 0 Å². The zero-order chi connectivity index (χ0) is 11.4. The van der Waals surface area contributed by atoms with Crippen molar-refractivity contribution in [1.29, 1.82) is 0 Å². The summed E-state index contributed by atoms with van der Waals surface area (Å²) in [5.41, 5.74) is 9.54. The molecule has 3 nitrogen and oxygen atoms in total. The average molecular weight is 237 g/mol. The number of fused-ring (bicyclic) bond motifs is 1. The predicted octanol–water partition coefficient (Wildman–Crippen LogP) is 1.49. The molecule has 2 rings (SSSR count). The first kappa shape index (κ1) is 11.8. The summed E-state index contributed by atoms with van der Waals surface area (Å²) in [7, 11) is 1.97. The lowest BCUT2D eigenvalue weighted by Crippen LogP contribution is -2.32. The maximum absolute atomic E-state index is 5.79. The fraction of sp³-hybridized carbons (Fsp3) is 0.500. The zero-order valence-electron chi connectivity index (χ0n) is 9.70. The zero-order valence-corrected chi connectivity index (χ0v) is 10.5. The summed E-state index contributed by atoms with van der Waals surface area (Å²) in [6.07, 6.45) is 1.13. The summed E-state index contributed by atoms with van der Waals surface area (Å²) >= 11 is 1.77. The fourth-order valence-corrected chi connectivity index (χ4v) is 2.65. The Morgan fingerprint density at radius 3 is 3.12 bits per heavy atom. The van der Waals surface area contributed by atoms with Gasteiger partial charge in [-0.2, -0.15) is 0 Å². The number of hydrogen-bond donors (Lipinski definition) is 2. The summed E-state index contributed by atoms with van der Waals surface area (Å²) in [5.74, 6) is 1.14. The van der Waals surface area contributed by atoms with Crippen LogP contribution in [0.2, 0.25) is 0 Å². The molecule has 88 valence electrons. The molecule has 1 heterocycles. The van der Waals surface area contributed by atoms with E-state index in [1.807, 2.05) is 13.1 Å². The van der Waals surface area contributed by atoms with Gasteiger partial charge in [-0.1, -0.05) is 18.0 Å². The van der Waals surface area contributed by atoms with Crippen molar-refractivity contribution in [1.82, 2.24) is 9.62 Å². The van der Waals surface area contributed by atoms with Crippen molar-refractivity contribution in [2.75, 3.05) is 31.6 Å². The van der Waals surface area contributed by atoms with Crippen molar-refractivity contribution in [3.8, 4) is 0 Å². The van der Waals surface area contributed by atoms with E-state index in [1.165, 1.54) is 11.1 Å². The molecule has 1 aromatic carbocycles. The molecule has 4 heteroatoms. The summed E-state index contributed by atoms with van der Waals surface area (Å²) in [6, 6.07) is 6.29. The van der Waals surface area contributed by atoms with Gasteiger partial charge in [0.25, 0.3) is 0 Å². The van der Waals surface area contributed by atoms with Gasteiger partial charge in [0.15, 0.2) is 0 Å². The topological polar surface area (TPSA) is 41.3 Å². The highest BCUT2D eigenvalue weighted by Gasteiger charge is 2.15. The molecular weight excluding hydrogens is 218 g/mol. The van der Waals surface area contributed by atoms with Gasteiger partial charge in [0.2, 0.25) is 0 Å². The highest BCUT2D eigenvalue weighted by atomic mass is 32.2. The molecule has 0 radical (unpaired) electrons. The SMILES string of the molecule is CNSCCN1CCc2cc(N)ccc2C1.